The molecule has 5 rings (SSSR count). The number of hydrogen-bond acceptors (Lipinski definition) is 2. The number of fused-ring (bicyclic) bond motifs is 4. The fourth-order valence-electron chi connectivity index (χ4n) is 5.44. The highest BCUT2D eigenvalue weighted by Gasteiger charge is 2.36. The summed E-state index contributed by atoms with van der Waals surface area (Å²) in [5.74, 6) is 0. The van der Waals surface area contributed by atoms with Gasteiger partial charge in [-0.1, -0.05) is 58.4 Å². The maximum absolute atomic E-state index is 4.89. The Kier molecular flexibility index (Phi) is 3.93. The predicted octanol–water partition coefficient (Wildman–Crippen LogP) is 7.29. The van der Waals surface area contributed by atoms with Crippen LogP contribution in [0, 0.1) is 19.3 Å². The first-order valence-electron chi connectivity index (χ1n) is 10.9. The standard InChI is InChI=1S/C28H30N2/c1-16-10-17(2)25-20(11-16)24-21(15-30-25)26-23-19(8-9-29-26)12-18(14-27(3,4)5)13-22(23)28(24,6)7/h8-13,15H,14H2,1-7H3. The zero-order valence-corrected chi connectivity index (χ0v) is 19.1. The Morgan fingerprint density at radius 1 is 0.967 bits per heavy atom. The van der Waals surface area contributed by atoms with Gasteiger partial charge in [-0.2, -0.15) is 0 Å². The van der Waals surface area contributed by atoms with E-state index in [9.17, 15) is 0 Å². The van der Waals surface area contributed by atoms with Crippen LogP contribution in [0.15, 0.2) is 42.7 Å². The molecule has 0 atom stereocenters. The molecule has 2 aromatic carbocycles. The third kappa shape index (κ3) is 2.77. The molecule has 0 spiro atoms. The summed E-state index contributed by atoms with van der Waals surface area (Å²) in [6, 6.07) is 11.5. The van der Waals surface area contributed by atoms with Crippen molar-refractivity contribution >= 4 is 21.7 Å². The summed E-state index contributed by atoms with van der Waals surface area (Å²) < 4.78 is 0. The normalized spacial score (nSPS) is 14.9. The van der Waals surface area contributed by atoms with Gasteiger partial charge in [-0.05, 0) is 65.5 Å². The SMILES string of the molecule is Cc1cc(C)c2ncc3c(c2c1)C(C)(C)c1cc(CC(C)(C)C)cc2ccnc-3c12. The molecule has 152 valence electrons. The van der Waals surface area contributed by atoms with Crippen molar-refractivity contribution in [3.05, 3.63) is 70.5 Å². The van der Waals surface area contributed by atoms with Gasteiger partial charge in [-0.15, -0.1) is 0 Å². The molecule has 4 aromatic rings. The van der Waals surface area contributed by atoms with E-state index in [0.717, 1.165) is 17.6 Å². The molecule has 30 heavy (non-hydrogen) atoms. The Bertz CT molecular complexity index is 1340. The van der Waals surface area contributed by atoms with Crippen LogP contribution in [-0.2, 0) is 11.8 Å². The third-order valence-corrected chi connectivity index (χ3v) is 6.52. The first kappa shape index (κ1) is 19.2. The summed E-state index contributed by atoms with van der Waals surface area (Å²) in [4.78, 5) is 9.75. The maximum atomic E-state index is 4.89. The summed E-state index contributed by atoms with van der Waals surface area (Å²) in [7, 11) is 0. The van der Waals surface area contributed by atoms with Gasteiger partial charge in [0.1, 0.15) is 0 Å². The van der Waals surface area contributed by atoms with Crippen LogP contribution in [0.25, 0.3) is 32.9 Å². The van der Waals surface area contributed by atoms with Gasteiger partial charge in [0.15, 0.2) is 0 Å². The quantitative estimate of drug-likeness (QED) is 0.338. The molecule has 0 saturated heterocycles. The molecule has 1 aliphatic carbocycles. The van der Waals surface area contributed by atoms with Crippen molar-refractivity contribution in [2.45, 2.75) is 60.3 Å². The number of nitrogens with zero attached hydrogens (tertiary/aromatic N) is 2. The fraction of sp³-hybridized carbons (Fsp3) is 0.357. The molecule has 2 heterocycles. The van der Waals surface area contributed by atoms with Crippen LogP contribution in [0.2, 0.25) is 0 Å². The van der Waals surface area contributed by atoms with Crippen LogP contribution in [-0.4, -0.2) is 9.97 Å². The molecule has 0 amide bonds. The Morgan fingerprint density at radius 3 is 2.47 bits per heavy atom. The largest absolute Gasteiger partial charge is 0.256 e. The van der Waals surface area contributed by atoms with Crippen molar-refractivity contribution in [2.75, 3.05) is 0 Å². The molecule has 0 unspecified atom stereocenters. The fourth-order valence-corrected chi connectivity index (χ4v) is 5.44. The lowest BCUT2D eigenvalue weighted by Gasteiger charge is -2.36. The van der Waals surface area contributed by atoms with Crippen molar-refractivity contribution in [2.24, 2.45) is 5.41 Å². The number of aromatic nitrogens is 2. The number of pyridine rings is 2. The average Bonchev–Trinajstić information content (AvgIpc) is 2.63. The van der Waals surface area contributed by atoms with E-state index in [1.807, 2.05) is 6.20 Å². The highest BCUT2D eigenvalue weighted by atomic mass is 14.7. The van der Waals surface area contributed by atoms with Crippen molar-refractivity contribution in [3.8, 4) is 11.3 Å². The molecule has 1 aliphatic rings. The number of benzene rings is 2. The average molecular weight is 395 g/mol. The lowest BCUT2D eigenvalue weighted by atomic mass is 9.68. The zero-order chi connectivity index (χ0) is 21.4. The summed E-state index contributed by atoms with van der Waals surface area (Å²) in [5, 5.41) is 3.84. The minimum Gasteiger partial charge on any atom is -0.256 e. The Balaban J connectivity index is 1.92. The number of aryl methyl sites for hydroxylation is 2. The molecular formula is C28H30N2. The van der Waals surface area contributed by atoms with Crippen LogP contribution in [0.3, 0.4) is 0 Å². The lowest BCUT2D eigenvalue weighted by molar-refractivity contribution is 0.411. The summed E-state index contributed by atoms with van der Waals surface area (Å²) in [6.07, 6.45) is 5.07. The van der Waals surface area contributed by atoms with Gasteiger partial charge in [-0.3, -0.25) is 9.97 Å². The van der Waals surface area contributed by atoms with Gasteiger partial charge in [0.25, 0.3) is 0 Å². The minimum atomic E-state index is -0.126. The van der Waals surface area contributed by atoms with Crippen LogP contribution in [0.4, 0.5) is 0 Å². The Labute approximate surface area is 179 Å². The molecule has 2 aromatic heterocycles. The molecule has 0 N–H and O–H groups in total. The molecule has 0 fully saturated rings. The Morgan fingerprint density at radius 2 is 1.73 bits per heavy atom. The minimum absolute atomic E-state index is 0.126. The molecule has 2 heteroatoms. The monoisotopic (exact) mass is 394 g/mol. The summed E-state index contributed by atoms with van der Waals surface area (Å²) in [5.41, 5.74) is 10.2. The van der Waals surface area contributed by atoms with Crippen molar-refractivity contribution in [1.82, 2.24) is 9.97 Å². The number of rotatable bonds is 1. The topological polar surface area (TPSA) is 25.8 Å². The highest BCUT2D eigenvalue weighted by molar-refractivity contribution is 6.05. The first-order chi connectivity index (χ1) is 14.1. The van der Waals surface area contributed by atoms with E-state index in [0.29, 0.717) is 0 Å². The molecular weight excluding hydrogens is 364 g/mol. The molecule has 0 radical (unpaired) electrons. The van der Waals surface area contributed by atoms with E-state index in [4.69, 9.17) is 9.97 Å². The van der Waals surface area contributed by atoms with Crippen molar-refractivity contribution in [1.29, 1.82) is 0 Å². The van der Waals surface area contributed by atoms with Gasteiger partial charge in [0, 0.05) is 34.1 Å². The van der Waals surface area contributed by atoms with E-state index in [2.05, 4.69) is 85.0 Å². The predicted molar refractivity (Wildman–Crippen MR) is 127 cm³/mol. The molecule has 2 nitrogen and oxygen atoms in total. The van der Waals surface area contributed by atoms with E-state index >= 15 is 0 Å². The second kappa shape index (κ2) is 6.14. The summed E-state index contributed by atoms with van der Waals surface area (Å²) in [6.45, 7) is 16.0. The van der Waals surface area contributed by atoms with E-state index in [1.165, 1.54) is 49.5 Å². The highest BCUT2D eigenvalue weighted by Crippen LogP contribution is 2.50. The van der Waals surface area contributed by atoms with E-state index in [1.54, 1.807) is 0 Å². The number of hydrogen-bond donors (Lipinski definition) is 0. The second-order valence-electron chi connectivity index (χ2n) is 10.8. The van der Waals surface area contributed by atoms with Gasteiger partial charge in [-0.25, -0.2) is 0 Å². The lowest BCUT2D eigenvalue weighted by Crippen LogP contribution is -2.25. The summed E-state index contributed by atoms with van der Waals surface area (Å²) >= 11 is 0. The van der Waals surface area contributed by atoms with Gasteiger partial charge < -0.3 is 0 Å². The maximum Gasteiger partial charge on any atom is 0.0802 e. The van der Waals surface area contributed by atoms with Crippen LogP contribution < -0.4 is 0 Å². The van der Waals surface area contributed by atoms with Gasteiger partial charge >= 0.3 is 0 Å². The zero-order valence-electron chi connectivity index (χ0n) is 19.1. The van der Waals surface area contributed by atoms with E-state index in [-0.39, 0.29) is 10.8 Å². The second-order valence-corrected chi connectivity index (χ2v) is 10.8. The van der Waals surface area contributed by atoms with Crippen molar-refractivity contribution < 1.29 is 0 Å². The van der Waals surface area contributed by atoms with Crippen LogP contribution >= 0.6 is 0 Å². The first-order valence-corrected chi connectivity index (χ1v) is 10.9. The van der Waals surface area contributed by atoms with Crippen molar-refractivity contribution in [3.63, 3.8) is 0 Å². The molecule has 0 aliphatic heterocycles. The Hall–Kier alpha value is -2.74. The molecule has 0 saturated carbocycles. The van der Waals surface area contributed by atoms with Crippen LogP contribution in [0.5, 0.6) is 0 Å². The van der Waals surface area contributed by atoms with Crippen LogP contribution in [0.1, 0.15) is 62.4 Å². The van der Waals surface area contributed by atoms with E-state index < -0.39 is 0 Å². The molecule has 0 bridgehead atoms. The third-order valence-electron chi connectivity index (χ3n) is 6.52. The van der Waals surface area contributed by atoms with Gasteiger partial charge in [0.05, 0.1) is 11.2 Å². The smallest absolute Gasteiger partial charge is 0.0802 e. The van der Waals surface area contributed by atoms with Gasteiger partial charge in [0.2, 0.25) is 0 Å².